The minimum atomic E-state index is -1.08. The Morgan fingerprint density at radius 2 is 1.47 bits per heavy atom. The standard InChI is InChI=1S/C20H21F3N2O5/c21-13-1-3-15(4-2-13)29-12-20(28)25-10-14(26)7-8-24-19(27)11-30-16-5-6-17(22)18(23)9-16/h1-6,9,14,26H,7-8,10-12H2,(H,24,27)(H,25,28). The van der Waals surface area contributed by atoms with Crippen molar-refractivity contribution in [1.29, 1.82) is 0 Å². The van der Waals surface area contributed by atoms with Crippen LogP contribution in [0.4, 0.5) is 13.2 Å². The molecule has 2 aromatic rings. The zero-order chi connectivity index (χ0) is 21.9. The second-order valence-electron chi connectivity index (χ2n) is 6.20. The largest absolute Gasteiger partial charge is 0.484 e. The number of rotatable bonds is 11. The first-order valence-electron chi connectivity index (χ1n) is 9.01. The molecule has 1 atom stereocenters. The highest BCUT2D eigenvalue weighted by molar-refractivity contribution is 5.78. The van der Waals surface area contributed by atoms with Crippen LogP contribution in [-0.4, -0.2) is 49.3 Å². The number of carbonyl (C=O) groups is 2. The molecule has 0 heterocycles. The average molecular weight is 426 g/mol. The molecule has 0 saturated heterocycles. The first-order valence-corrected chi connectivity index (χ1v) is 9.01. The molecule has 0 bridgehead atoms. The molecule has 0 aromatic heterocycles. The Morgan fingerprint density at radius 1 is 0.867 bits per heavy atom. The van der Waals surface area contributed by atoms with Crippen LogP contribution in [0, 0.1) is 17.5 Å². The third-order valence-electron chi connectivity index (χ3n) is 3.78. The van der Waals surface area contributed by atoms with E-state index in [9.17, 15) is 27.9 Å². The summed E-state index contributed by atoms with van der Waals surface area (Å²) < 4.78 is 48.8. The van der Waals surface area contributed by atoms with Crippen LogP contribution in [0.2, 0.25) is 0 Å². The van der Waals surface area contributed by atoms with Gasteiger partial charge in [0.25, 0.3) is 11.8 Å². The molecule has 0 aliphatic carbocycles. The number of carbonyl (C=O) groups excluding carboxylic acids is 2. The molecule has 10 heteroatoms. The van der Waals surface area contributed by atoms with Gasteiger partial charge >= 0.3 is 0 Å². The van der Waals surface area contributed by atoms with E-state index in [2.05, 4.69) is 10.6 Å². The van der Waals surface area contributed by atoms with Crippen molar-refractivity contribution in [3.8, 4) is 11.5 Å². The molecule has 2 amide bonds. The summed E-state index contributed by atoms with van der Waals surface area (Å²) in [5.74, 6) is -3.16. The maximum Gasteiger partial charge on any atom is 0.258 e. The van der Waals surface area contributed by atoms with Crippen molar-refractivity contribution in [2.75, 3.05) is 26.3 Å². The molecule has 0 aliphatic rings. The van der Waals surface area contributed by atoms with Crippen LogP contribution < -0.4 is 20.1 Å². The van der Waals surface area contributed by atoms with E-state index < -0.39 is 42.0 Å². The van der Waals surface area contributed by atoms with Gasteiger partial charge in [-0.05, 0) is 42.8 Å². The smallest absolute Gasteiger partial charge is 0.258 e. The molecule has 7 nitrogen and oxygen atoms in total. The third kappa shape index (κ3) is 8.39. The molecule has 2 rings (SSSR count). The highest BCUT2D eigenvalue weighted by Gasteiger charge is 2.10. The molecule has 0 radical (unpaired) electrons. The van der Waals surface area contributed by atoms with Gasteiger partial charge in [-0.3, -0.25) is 9.59 Å². The van der Waals surface area contributed by atoms with E-state index in [1.807, 2.05) is 0 Å². The van der Waals surface area contributed by atoms with E-state index in [0.29, 0.717) is 5.75 Å². The van der Waals surface area contributed by atoms with E-state index in [-0.39, 0.29) is 31.9 Å². The van der Waals surface area contributed by atoms with Crippen LogP contribution in [0.5, 0.6) is 11.5 Å². The van der Waals surface area contributed by atoms with Crippen LogP contribution in [0.15, 0.2) is 42.5 Å². The highest BCUT2D eigenvalue weighted by Crippen LogP contribution is 2.15. The fourth-order valence-electron chi connectivity index (χ4n) is 2.21. The van der Waals surface area contributed by atoms with Crippen molar-refractivity contribution in [2.45, 2.75) is 12.5 Å². The van der Waals surface area contributed by atoms with Crippen molar-refractivity contribution < 1.29 is 37.3 Å². The second-order valence-corrected chi connectivity index (χ2v) is 6.20. The van der Waals surface area contributed by atoms with Crippen molar-refractivity contribution >= 4 is 11.8 Å². The number of hydrogen-bond donors (Lipinski definition) is 3. The third-order valence-corrected chi connectivity index (χ3v) is 3.78. The number of amides is 2. The molecule has 1 unspecified atom stereocenters. The SMILES string of the molecule is O=C(COc1ccc(F)c(F)c1)NCCC(O)CNC(=O)COc1ccc(F)cc1. The summed E-state index contributed by atoms with van der Waals surface area (Å²) in [5, 5.41) is 14.8. The lowest BCUT2D eigenvalue weighted by Crippen LogP contribution is -2.37. The summed E-state index contributed by atoms with van der Waals surface area (Å²) in [7, 11) is 0. The predicted molar refractivity (Wildman–Crippen MR) is 100 cm³/mol. The van der Waals surface area contributed by atoms with Gasteiger partial charge in [0.15, 0.2) is 24.8 Å². The van der Waals surface area contributed by atoms with Gasteiger partial charge in [0, 0.05) is 19.2 Å². The lowest BCUT2D eigenvalue weighted by atomic mass is 10.2. The van der Waals surface area contributed by atoms with Gasteiger partial charge in [0.05, 0.1) is 6.10 Å². The normalized spacial score (nSPS) is 11.5. The zero-order valence-corrected chi connectivity index (χ0v) is 15.9. The molecule has 0 saturated carbocycles. The summed E-state index contributed by atoms with van der Waals surface area (Å²) in [4.78, 5) is 23.3. The molecular weight excluding hydrogens is 405 g/mol. The maximum absolute atomic E-state index is 13.0. The van der Waals surface area contributed by atoms with Crippen molar-refractivity contribution in [3.63, 3.8) is 0 Å². The Morgan fingerprint density at radius 3 is 2.13 bits per heavy atom. The van der Waals surface area contributed by atoms with Crippen LogP contribution in [0.25, 0.3) is 0 Å². The van der Waals surface area contributed by atoms with E-state index in [4.69, 9.17) is 9.47 Å². The van der Waals surface area contributed by atoms with Gasteiger partial charge in [-0.15, -0.1) is 0 Å². The summed E-state index contributed by atoms with van der Waals surface area (Å²) >= 11 is 0. The molecule has 0 fully saturated rings. The molecule has 3 N–H and O–H groups in total. The number of nitrogens with one attached hydrogen (secondary N) is 2. The topological polar surface area (TPSA) is 96.9 Å². The molecule has 0 spiro atoms. The quantitative estimate of drug-likeness (QED) is 0.507. The van der Waals surface area contributed by atoms with Crippen LogP contribution in [-0.2, 0) is 9.59 Å². The van der Waals surface area contributed by atoms with E-state index >= 15 is 0 Å². The second kappa shape index (κ2) is 11.7. The monoisotopic (exact) mass is 426 g/mol. The van der Waals surface area contributed by atoms with Gasteiger partial charge in [-0.25, -0.2) is 13.2 Å². The first kappa shape index (κ1) is 23.0. The number of hydrogen-bond acceptors (Lipinski definition) is 5. The predicted octanol–water partition coefficient (Wildman–Crippen LogP) is 1.55. The number of ether oxygens (including phenoxy) is 2. The van der Waals surface area contributed by atoms with Crippen molar-refractivity contribution in [2.24, 2.45) is 0 Å². The average Bonchev–Trinajstić information content (AvgIpc) is 2.72. The summed E-state index contributed by atoms with van der Waals surface area (Å²) in [5.41, 5.74) is 0. The number of aliphatic hydroxyl groups excluding tert-OH is 1. The van der Waals surface area contributed by atoms with Gasteiger partial charge in [-0.2, -0.15) is 0 Å². The highest BCUT2D eigenvalue weighted by atomic mass is 19.2. The summed E-state index contributed by atoms with van der Waals surface area (Å²) in [6, 6.07) is 8.08. The van der Waals surface area contributed by atoms with Gasteiger partial charge in [0.2, 0.25) is 0 Å². The van der Waals surface area contributed by atoms with Crippen LogP contribution >= 0.6 is 0 Å². The minimum Gasteiger partial charge on any atom is -0.484 e. The van der Waals surface area contributed by atoms with Gasteiger partial charge in [0.1, 0.15) is 17.3 Å². The lowest BCUT2D eigenvalue weighted by Gasteiger charge is -2.13. The van der Waals surface area contributed by atoms with Crippen LogP contribution in [0.1, 0.15) is 6.42 Å². The fourth-order valence-corrected chi connectivity index (χ4v) is 2.21. The first-order chi connectivity index (χ1) is 14.3. The van der Waals surface area contributed by atoms with Crippen molar-refractivity contribution in [1.82, 2.24) is 10.6 Å². The van der Waals surface area contributed by atoms with Crippen molar-refractivity contribution in [3.05, 3.63) is 59.9 Å². The minimum absolute atomic E-state index is 0.00894. The van der Waals surface area contributed by atoms with Gasteiger partial charge < -0.3 is 25.2 Å². The fraction of sp³-hybridized carbons (Fsp3) is 0.300. The molecule has 162 valence electrons. The molecular formula is C20H21F3N2O5. The molecule has 30 heavy (non-hydrogen) atoms. The Labute approximate surface area is 170 Å². The number of benzene rings is 2. The summed E-state index contributed by atoms with van der Waals surface area (Å²) in [6.07, 6.45) is -0.747. The Bertz CT molecular complexity index is 849. The van der Waals surface area contributed by atoms with E-state index in [0.717, 1.165) is 12.1 Å². The Kier molecular flexibility index (Phi) is 8.95. The lowest BCUT2D eigenvalue weighted by molar-refractivity contribution is -0.124. The van der Waals surface area contributed by atoms with Gasteiger partial charge in [-0.1, -0.05) is 0 Å². The summed E-state index contributed by atoms with van der Waals surface area (Å²) in [6.45, 7) is -0.634. The Hall–Kier alpha value is -3.27. The van der Waals surface area contributed by atoms with E-state index in [1.165, 1.54) is 30.3 Å². The Balaban J connectivity index is 1.55. The zero-order valence-electron chi connectivity index (χ0n) is 15.9. The number of halogens is 3. The van der Waals surface area contributed by atoms with E-state index in [1.54, 1.807) is 0 Å². The molecule has 2 aromatic carbocycles. The molecule has 0 aliphatic heterocycles. The van der Waals surface area contributed by atoms with Crippen LogP contribution in [0.3, 0.4) is 0 Å². The maximum atomic E-state index is 13.0. The number of aliphatic hydroxyl groups is 1.